The van der Waals surface area contributed by atoms with E-state index in [0.717, 1.165) is 11.3 Å². The molecule has 0 amide bonds. The van der Waals surface area contributed by atoms with Crippen molar-refractivity contribution >= 4 is 37.4 Å². The third-order valence-corrected chi connectivity index (χ3v) is 5.53. The van der Waals surface area contributed by atoms with Crippen LogP contribution in [0.2, 0.25) is 0 Å². The summed E-state index contributed by atoms with van der Waals surface area (Å²) in [6.45, 7) is -0.999. The summed E-state index contributed by atoms with van der Waals surface area (Å²) in [6.07, 6.45) is -1.25. The second-order valence-corrected chi connectivity index (χ2v) is 7.01. The quantitative estimate of drug-likeness (QED) is 0.601. The van der Waals surface area contributed by atoms with Crippen LogP contribution in [0.1, 0.15) is 9.67 Å². The van der Waals surface area contributed by atoms with Crippen molar-refractivity contribution in [2.45, 2.75) is 11.0 Å². The van der Waals surface area contributed by atoms with Gasteiger partial charge in [0.1, 0.15) is 9.77 Å². The number of rotatable bonds is 6. The summed E-state index contributed by atoms with van der Waals surface area (Å²) in [5.41, 5.74) is 0. The molecule has 7 nitrogen and oxygen atoms in total. The molecule has 0 aliphatic rings. The summed E-state index contributed by atoms with van der Waals surface area (Å²) in [5, 5.41) is 27.4. The lowest BCUT2D eigenvalue weighted by atomic mass is 10.2. The zero-order valence-corrected chi connectivity index (χ0v) is 12.3. The molecule has 0 fully saturated rings. The number of carboxylic acid groups (broad SMARTS) is 1. The Labute approximate surface area is 124 Å². The number of hydrogen-bond donors (Lipinski definition) is 4. The van der Waals surface area contributed by atoms with Crippen LogP contribution in [0.5, 0.6) is 0 Å². The SMILES string of the molecule is O=C(O)c1sc2ccccc2c1S(=O)(=O)NCC(O)CO. The van der Waals surface area contributed by atoms with Gasteiger partial charge < -0.3 is 15.3 Å². The van der Waals surface area contributed by atoms with E-state index in [-0.39, 0.29) is 9.77 Å². The van der Waals surface area contributed by atoms with Crippen LogP contribution in [0.4, 0.5) is 0 Å². The third-order valence-electron chi connectivity index (χ3n) is 2.73. The minimum absolute atomic E-state index is 0.290. The molecule has 1 unspecified atom stereocenters. The van der Waals surface area contributed by atoms with Crippen molar-refractivity contribution in [2.75, 3.05) is 13.2 Å². The molecule has 9 heteroatoms. The van der Waals surface area contributed by atoms with Crippen molar-refractivity contribution in [1.29, 1.82) is 0 Å². The summed E-state index contributed by atoms with van der Waals surface area (Å²) in [7, 11) is -4.12. The molecule has 0 saturated carbocycles. The van der Waals surface area contributed by atoms with E-state index in [1.54, 1.807) is 18.2 Å². The van der Waals surface area contributed by atoms with Gasteiger partial charge in [0.2, 0.25) is 10.0 Å². The Morgan fingerprint density at radius 3 is 2.62 bits per heavy atom. The number of fused-ring (bicyclic) bond motifs is 1. The molecule has 21 heavy (non-hydrogen) atoms. The maximum Gasteiger partial charge on any atom is 0.347 e. The summed E-state index contributed by atoms with van der Waals surface area (Å²) >= 11 is 0.868. The number of aliphatic hydroxyl groups is 2. The van der Waals surface area contributed by atoms with Gasteiger partial charge in [-0.3, -0.25) is 0 Å². The largest absolute Gasteiger partial charge is 0.477 e. The highest BCUT2D eigenvalue weighted by atomic mass is 32.2. The highest BCUT2D eigenvalue weighted by molar-refractivity contribution is 7.90. The van der Waals surface area contributed by atoms with E-state index in [1.165, 1.54) is 6.07 Å². The molecule has 1 aromatic heterocycles. The molecule has 2 rings (SSSR count). The van der Waals surface area contributed by atoms with Crippen LogP contribution in [0.15, 0.2) is 29.2 Å². The van der Waals surface area contributed by atoms with Gasteiger partial charge in [0.25, 0.3) is 0 Å². The van der Waals surface area contributed by atoms with E-state index in [9.17, 15) is 23.4 Å². The molecule has 0 aliphatic carbocycles. The molecule has 0 saturated heterocycles. The van der Waals surface area contributed by atoms with Crippen LogP contribution in [0.25, 0.3) is 10.1 Å². The van der Waals surface area contributed by atoms with Crippen LogP contribution in [-0.2, 0) is 10.0 Å². The Kier molecular flexibility index (Phi) is 4.59. The van der Waals surface area contributed by atoms with Crippen LogP contribution in [0.3, 0.4) is 0 Å². The Hall–Kier alpha value is -1.52. The summed E-state index contributed by atoms with van der Waals surface area (Å²) in [6, 6.07) is 6.45. The Morgan fingerprint density at radius 1 is 1.33 bits per heavy atom. The molecule has 0 bridgehead atoms. The van der Waals surface area contributed by atoms with Crippen molar-refractivity contribution in [3.05, 3.63) is 29.1 Å². The minimum Gasteiger partial charge on any atom is -0.477 e. The highest BCUT2D eigenvalue weighted by Gasteiger charge is 2.28. The maximum atomic E-state index is 12.3. The molecular weight excluding hydrogens is 318 g/mol. The maximum absolute atomic E-state index is 12.3. The van der Waals surface area contributed by atoms with Gasteiger partial charge >= 0.3 is 5.97 Å². The second kappa shape index (κ2) is 6.08. The first-order chi connectivity index (χ1) is 9.86. The first-order valence-electron chi connectivity index (χ1n) is 5.90. The molecule has 1 aromatic carbocycles. The fraction of sp³-hybridized carbons (Fsp3) is 0.250. The van der Waals surface area contributed by atoms with Gasteiger partial charge in [-0.2, -0.15) is 0 Å². The fourth-order valence-electron chi connectivity index (χ4n) is 1.77. The Balaban J connectivity index is 2.53. The predicted octanol–water partition coefficient (Wildman–Crippen LogP) is 0.231. The first-order valence-corrected chi connectivity index (χ1v) is 8.20. The van der Waals surface area contributed by atoms with Gasteiger partial charge in [0.15, 0.2) is 0 Å². The highest BCUT2D eigenvalue weighted by Crippen LogP contribution is 2.34. The number of nitrogens with one attached hydrogen (secondary N) is 1. The standard InChI is InChI=1S/C12H13NO6S2/c14-6-7(15)5-13-21(18,19)11-8-3-1-2-4-9(8)20-10(11)12(16)17/h1-4,7,13-15H,5-6H2,(H,16,17). The summed E-state index contributed by atoms with van der Waals surface area (Å²) < 4.78 is 27.2. The summed E-state index contributed by atoms with van der Waals surface area (Å²) in [4.78, 5) is 10.7. The molecule has 114 valence electrons. The molecule has 0 aliphatic heterocycles. The predicted molar refractivity (Wildman–Crippen MR) is 77.1 cm³/mol. The average Bonchev–Trinajstić information content (AvgIpc) is 2.85. The fourth-order valence-corrected chi connectivity index (χ4v) is 4.58. The van der Waals surface area contributed by atoms with E-state index in [4.69, 9.17) is 5.11 Å². The summed E-state index contributed by atoms with van der Waals surface area (Å²) in [5.74, 6) is -1.33. The van der Waals surface area contributed by atoms with E-state index < -0.39 is 35.2 Å². The number of carboxylic acids is 1. The van der Waals surface area contributed by atoms with Gasteiger partial charge in [0, 0.05) is 16.6 Å². The minimum atomic E-state index is -4.12. The molecule has 2 aromatic rings. The van der Waals surface area contributed by atoms with Gasteiger partial charge in [-0.15, -0.1) is 11.3 Å². The van der Waals surface area contributed by atoms with Gasteiger partial charge in [-0.1, -0.05) is 18.2 Å². The van der Waals surface area contributed by atoms with Gasteiger partial charge in [-0.05, 0) is 6.07 Å². The molecule has 4 N–H and O–H groups in total. The van der Waals surface area contributed by atoms with Crippen molar-refractivity contribution < 1.29 is 28.5 Å². The Bertz CT molecular complexity index is 767. The van der Waals surface area contributed by atoms with E-state index in [1.807, 2.05) is 0 Å². The zero-order chi connectivity index (χ0) is 15.6. The molecule has 1 atom stereocenters. The average molecular weight is 331 g/mol. The van der Waals surface area contributed by atoms with Crippen LogP contribution in [0, 0.1) is 0 Å². The van der Waals surface area contributed by atoms with Gasteiger partial charge in [0.05, 0.1) is 12.7 Å². The third kappa shape index (κ3) is 3.22. The zero-order valence-electron chi connectivity index (χ0n) is 10.7. The van der Waals surface area contributed by atoms with Crippen LogP contribution >= 0.6 is 11.3 Å². The lowest BCUT2D eigenvalue weighted by Gasteiger charge is -2.10. The van der Waals surface area contributed by atoms with Crippen molar-refractivity contribution in [1.82, 2.24) is 4.72 Å². The monoisotopic (exact) mass is 331 g/mol. The normalized spacial score (nSPS) is 13.4. The van der Waals surface area contributed by atoms with E-state index in [2.05, 4.69) is 4.72 Å². The number of carbonyl (C=O) groups is 1. The molecular formula is C12H13NO6S2. The van der Waals surface area contributed by atoms with Crippen molar-refractivity contribution in [3.63, 3.8) is 0 Å². The number of benzene rings is 1. The number of aliphatic hydroxyl groups excluding tert-OH is 2. The molecule has 0 radical (unpaired) electrons. The van der Waals surface area contributed by atoms with E-state index in [0.29, 0.717) is 10.1 Å². The Morgan fingerprint density at radius 2 is 2.00 bits per heavy atom. The second-order valence-electron chi connectivity index (χ2n) is 4.25. The van der Waals surface area contributed by atoms with Crippen molar-refractivity contribution in [3.8, 4) is 0 Å². The smallest absolute Gasteiger partial charge is 0.347 e. The van der Waals surface area contributed by atoms with Gasteiger partial charge in [-0.25, -0.2) is 17.9 Å². The number of thiophene rings is 1. The van der Waals surface area contributed by atoms with Crippen LogP contribution < -0.4 is 4.72 Å². The number of aromatic carboxylic acids is 1. The molecule has 0 spiro atoms. The lowest BCUT2D eigenvalue weighted by Crippen LogP contribution is -2.34. The lowest BCUT2D eigenvalue weighted by molar-refractivity contribution is 0.0698. The van der Waals surface area contributed by atoms with E-state index >= 15 is 0 Å². The number of sulfonamides is 1. The molecule has 1 heterocycles. The topological polar surface area (TPSA) is 124 Å². The first kappa shape index (κ1) is 15.9. The van der Waals surface area contributed by atoms with Crippen LogP contribution in [-0.4, -0.2) is 49.0 Å². The number of hydrogen-bond acceptors (Lipinski definition) is 6. The van der Waals surface area contributed by atoms with Crippen molar-refractivity contribution in [2.24, 2.45) is 0 Å².